The summed E-state index contributed by atoms with van der Waals surface area (Å²) in [5.74, 6) is -0.947. The van der Waals surface area contributed by atoms with Gasteiger partial charge in [0.2, 0.25) is 0 Å². The molecule has 222 valence electrons. The fraction of sp³-hybridized carbons (Fsp3) is 0.0909. The number of methoxy groups -OCH3 is 1. The molecule has 1 fully saturated rings. The molecule has 1 aliphatic heterocycles. The smallest absolute Gasteiger partial charge is 0.335 e. The number of barbiturate groups is 1. The first-order chi connectivity index (χ1) is 21.3. The number of urea groups is 1. The third-order valence-electron chi connectivity index (χ3n) is 6.43. The van der Waals surface area contributed by atoms with Gasteiger partial charge < -0.3 is 19.5 Å². The molecule has 1 aliphatic rings. The first-order valence-electron chi connectivity index (χ1n) is 13.4. The predicted octanol–water partition coefficient (Wildman–Crippen LogP) is 5.61. The standard InChI is InChI=1S/C33H26ClN3O7/c1-42-29-18-22(7-16-28(29)44-20-30(38)35-24-10-8-23(34)9-11-24)17-27-31(39)36-33(41)37(32(27)40)25-12-14-26(15-13-25)43-19-21-5-3-2-4-6-21/h2-18H,19-20H2,1H3,(H,35,38)(H,36,39,41)/b27-17+. The molecule has 0 aromatic heterocycles. The van der Waals surface area contributed by atoms with Crippen molar-refractivity contribution in [3.8, 4) is 17.2 Å². The second-order valence-electron chi connectivity index (χ2n) is 9.48. The molecule has 0 saturated carbocycles. The van der Waals surface area contributed by atoms with E-state index in [0.717, 1.165) is 10.5 Å². The van der Waals surface area contributed by atoms with Crippen LogP contribution in [0, 0.1) is 0 Å². The normalized spacial score (nSPS) is 13.8. The lowest BCUT2D eigenvalue weighted by atomic mass is 10.1. The van der Waals surface area contributed by atoms with Gasteiger partial charge in [0.05, 0.1) is 12.8 Å². The van der Waals surface area contributed by atoms with Gasteiger partial charge in [0.1, 0.15) is 17.9 Å². The molecule has 10 nitrogen and oxygen atoms in total. The van der Waals surface area contributed by atoms with Crippen molar-refractivity contribution in [3.63, 3.8) is 0 Å². The first-order valence-corrected chi connectivity index (χ1v) is 13.7. The topological polar surface area (TPSA) is 123 Å². The van der Waals surface area contributed by atoms with Crippen LogP contribution in [0.15, 0.2) is 103 Å². The van der Waals surface area contributed by atoms with E-state index in [1.165, 1.54) is 13.2 Å². The molecule has 0 radical (unpaired) electrons. The lowest BCUT2D eigenvalue weighted by molar-refractivity contribution is -0.122. The molecule has 0 aliphatic carbocycles. The van der Waals surface area contributed by atoms with Crippen LogP contribution in [-0.2, 0) is 21.0 Å². The molecule has 44 heavy (non-hydrogen) atoms. The summed E-state index contributed by atoms with van der Waals surface area (Å²) in [5, 5.41) is 5.45. The maximum atomic E-state index is 13.4. The Bertz CT molecular complexity index is 1720. The molecule has 0 atom stereocenters. The maximum absolute atomic E-state index is 13.4. The number of hydrogen-bond acceptors (Lipinski definition) is 7. The minimum Gasteiger partial charge on any atom is -0.493 e. The zero-order valence-electron chi connectivity index (χ0n) is 23.4. The Balaban J connectivity index is 1.27. The van der Waals surface area contributed by atoms with Crippen molar-refractivity contribution >= 4 is 52.8 Å². The summed E-state index contributed by atoms with van der Waals surface area (Å²) in [6, 6.07) is 26.5. The lowest BCUT2D eigenvalue weighted by Crippen LogP contribution is -2.54. The van der Waals surface area contributed by atoms with Crippen LogP contribution in [0.3, 0.4) is 0 Å². The van der Waals surface area contributed by atoms with Gasteiger partial charge in [0.15, 0.2) is 18.1 Å². The Labute approximate surface area is 257 Å². The van der Waals surface area contributed by atoms with Gasteiger partial charge in [-0.15, -0.1) is 0 Å². The second-order valence-corrected chi connectivity index (χ2v) is 9.92. The predicted molar refractivity (Wildman–Crippen MR) is 165 cm³/mol. The van der Waals surface area contributed by atoms with Gasteiger partial charge in [0.25, 0.3) is 17.7 Å². The van der Waals surface area contributed by atoms with Crippen LogP contribution in [0.25, 0.3) is 6.08 Å². The van der Waals surface area contributed by atoms with Crippen LogP contribution < -0.4 is 29.7 Å². The van der Waals surface area contributed by atoms with E-state index < -0.39 is 23.8 Å². The highest BCUT2D eigenvalue weighted by atomic mass is 35.5. The number of carbonyl (C=O) groups excluding carboxylic acids is 4. The molecule has 0 spiro atoms. The average Bonchev–Trinajstić information content (AvgIpc) is 3.03. The third kappa shape index (κ3) is 7.23. The number of ether oxygens (including phenoxy) is 3. The molecule has 4 aromatic carbocycles. The summed E-state index contributed by atoms with van der Waals surface area (Å²) >= 11 is 5.87. The number of nitrogens with one attached hydrogen (secondary N) is 2. The number of anilines is 2. The molecule has 0 bridgehead atoms. The van der Waals surface area contributed by atoms with Crippen LogP contribution in [0.1, 0.15) is 11.1 Å². The summed E-state index contributed by atoms with van der Waals surface area (Å²) in [5.41, 5.74) is 1.99. The van der Waals surface area contributed by atoms with Gasteiger partial charge in [-0.05, 0) is 77.9 Å². The molecule has 5 amide bonds. The minimum absolute atomic E-state index is 0.257. The van der Waals surface area contributed by atoms with Crippen LogP contribution in [0.5, 0.6) is 17.2 Å². The number of carbonyl (C=O) groups is 4. The number of benzene rings is 4. The van der Waals surface area contributed by atoms with Gasteiger partial charge in [-0.2, -0.15) is 0 Å². The number of nitrogens with zero attached hydrogens (tertiary/aromatic N) is 1. The molecule has 0 unspecified atom stereocenters. The first kappa shape index (κ1) is 29.9. The average molecular weight is 612 g/mol. The summed E-state index contributed by atoms with van der Waals surface area (Å²) < 4.78 is 16.8. The minimum atomic E-state index is -0.867. The molecule has 11 heteroatoms. The highest BCUT2D eigenvalue weighted by Crippen LogP contribution is 2.30. The van der Waals surface area contributed by atoms with Gasteiger partial charge in [-0.3, -0.25) is 19.7 Å². The Kier molecular flexibility index (Phi) is 9.22. The van der Waals surface area contributed by atoms with Gasteiger partial charge in [-0.1, -0.05) is 48.0 Å². The Morgan fingerprint density at radius 3 is 2.32 bits per heavy atom. The van der Waals surface area contributed by atoms with Gasteiger partial charge in [0, 0.05) is 10.7 Å². The van der Waals surface area contributed by atoms with E-state index >= 15 is 0 Å². The van der Waals surface area contributed by atoms with E-state index in [0.29, 0.717) is 28.6 Å². The maximum Gasteiger partial charge on any atom is 0.335 e. The largest absolute Gasteiger partial charge is 0.493 e. The second kappa shape index (κ2) is 13.6. The Morgan fingerprint density at radius 2 is 1.61 bits per heavy atom. The zero-order chi connectivity index (χ0) is 31.1. The number of hydrogen-bond donors (Lipinski definition) is 2. The number of rotatable bonds is 10. The number of halogens is 1. The van der Waals surface area contributed by atoms with E-state index in [2.05, 4.69) is 10.6 Å². The molecular formula is C33H26ClN3O7. The van der Waals surface area contributed by atoms with Gasteiger partial charge in [-0.25, -0.2) is 9.69 Å². The summed E-state index contributed by atoms with van der Waals surface area (Å²) in [7, 11) is 1.42. The van der Waals surface area contributed by atoms with Crippen LogP contribution in [0.4, 0.5) is 16.2 Å². The van der Waals surface area contributed by atoms with E-state index in [9.17, 15) is 19.2 Å². The van der Waals surface area contributed by atoms with Crippen LogP contribution >= 0.6 is 11.6 Å². The monoisotopic (exact) mass is 611 g/mol. The summed E-state index contributed by atoms with van der Waals surface area (Å²) in [6.07, 6.45) is 1.34. The molecule has 5 rings (SSSR count). The number of amides is 5. The van der Waals surface area contributed by atoms with Crippen molar-refractivity contribution in [1.82, 2.24) is 5.32 Å². The molecule has 1 saturated heterocycles. The molecule has 1 heterocycles. The Morgan fingerprint density at radius 1 is 0.886 bits per heavy atom. The molecule has 2 N–H and O–H groups in total. The third-order valence-corrected chi connectivity index (χ3v) is 6.68. The number of imide groups is 2. The highest BCUT2D eigenvalue weighted by molar-refractivity contribution is 6.39. The highest BCUT2D eigenvalue weighted by Gasteiger charge is 2.36. The van der Waals surface area contributed by atoms with E-state index in [-0.39, 0.29) is 29.4 Å². The summed E-state index contributed by atoms with van der Waals surface area (Å²) in [6.45, 7) is 0.0576. The van der Waals surface area contributed by atoms with Gasteiger partial charge >= 0.3 is 6.03 Å². The van der Waals surface area contributed by atoms with Crippen LogP contribution in [0.2, 0.25) is 5.02 Å². The summed E-state index contributed by atoms with van der Waals surface area (Å²) in [4.78, 5) is 51.9. The van der Waals surface area contributed by atoms with Crippen molar-refractivity contribution in [2.24, 2.45) is 0 Å². The fourth-order valence-electron chi connectivity index (χ4n) is 4.26. The van der Waals surface area contributed by atoms with Crippen molar-refractivity contribution in [1.29, 1.82) is 0 Å². The van der Waals surface area contributed by atoms with Crippen molar-refractivity contribution in [2.75, 3.05) is 23.9 Å². The SMILES string of the molecule is COc1cc(/C=C2\C(=O)NC(=O)N(c3ccc(OCc4ccccc4)cc3)C2=O)ccc1OCC(=O)Nc1ccc(Cl)cc1. The fourth-order valence-corrected chi connectivity index (χ4v) is 4.38. The zero-order valence-corrected chi connectivity index (χ0v) is 24.2. The van der Waals surface area contributed by atoms with Crippen molar-refractivity contribution in [2.45, 2.75) is 6.61 Å². The van der Waals surface area contributed by atoms with E-state index in [1.807, 2.05) is 30.3 Å². The Hall–Kier alpha value is -5.61. The van der Waals surface area contributed by atoms with Crippen molar-refractivity contribution in [3.05, 3.63) is 119 Å². The lowest BCUT2D eigenvalue weighted by Gasteiger charge is -2.26. The molecular weight excluding hydrogens is 586 g/mol. The van der Waals surface area contributed by atoms with E-state index in [1.54, 1.807) is 66.7 Å². The quantitative estimate of drug-likeness (QED) is 0.176. The van der Waals surface area contributed by atoms with E-state index in [4.69, 9.17) is 25.8 Å². The van der Waals surface area contributed by atoms with Crippen LogP contribution in [-0.4, -0.2) is 37.5 Å². The molecule has 4 aromatic rings. The van der Waals surface area contributed by atoms with Crippen molar-refractivity contribution < 1.29 is 33.4 Å².